The molecule has 3 aromatic heterocycles. The van der Waals surface area contributed by atoms with Crippen LogP contribution in [-0.2, 0) is 25.8 Å². The number of aromatic nitrogens is 3. The number of nitrogens with one attached hydrogen (secondary N) is 1. The maximum atomic E-state index is 13.1. The number of amides is 2. The Bertz CT molecular complexity index is 1560. The zero-order valence-electron chi connectivity index (χ0n) is 19.6. The van der Waals surface area contributed by atoms with Gasteiger partial charge in [0.2, 0.25) is 6.20 Å². The fraction of sp³-hybridized carbons (Fsp3) is 0.227. The van der Waals surface area contributed by atoms with Crippen molar-refractivity contribution in [2.45, 2.75) is 18.0 Å². The van der Waals surface area contributed by atoms with Gasteiger partial charge in [-0.2, -0.15) is 4.57 Å². The van der Waals surface area contributed by atoms with Gasteiger partial charge < -0.3 is 30.5 Å². The molecule has 2 aliphatic rings. The summed E-state index contributed by atoms with van der Waals surface area (Å²) in [6, 6.07) is 2.44. The summed E-state index contributed by atoms with van der Waals surface area (Å²) in [6.07, 6.45) is 4.71. The first-order valence-electron chi connectivity index (χ1n) is 11.0. The molecule has 0 radical (unpaired) electrons. The van der Waals surface area contributed by atoms with E-state index in [1.165, 1.54) is 34.8 Å². The van der Waals surface area contributed by atoms with E-state index in [4.69, 9.17) is 10.6 Å². The number of aromatic carboxylic acids is 1. The van der Waals surface area contributed by atoms with E-state index >= 15 is 0 Å². The topological polar surface area (TPSA) is 193 Å². The molecule has 3 aromatic rings. The molecule has 2 amide bonds. The molecule has 0 unspecified atom stereocenters. The molecule has 196 valence electrons. The zero-order valence-corrected chi connectivity index (χ0v) is 21.2. The summed E-state index contributed by atoms with van der Waals surface area (Å²) in [6.45, 7) is 0.0556. The van der Waals surface area contributed by atoms with E-state index in [1.54, 1.807) is 29.1 Å². The van der Waals surface area contributed by atoms with Crippen LogP contribution in [0.25, 0.3) is 5.52 Å². The molecule has 0 saturated carbocycles. The Labute approximate surface area is 222 Å². The van der Waals surface area contributed by atoms with Crippen molar-refractivity contribution >= 4 is 63.2 Å². The smallest absolute Gasteiger partial charge is 0.359 e. The summed E-state index contributed by atoms with van der Waals surface area (Å²) < 4.78 is 3.08. The lowest BCUT2D eigenvalue weighted by atomic mass is 10.0. The first kappa shape index (κ1) is 25.2. The second-order valence-corrected chi connectivity index (χ2v) is 10.2. The van der Waals surface area contributed by atoms with Crippen LogP contribution in [0.15, 0.2) is 52.5 Å². The quantitative estimate of drug-likeness (QED) is 0.124. The highest BCUT2D eigenvalue weighted by molar-refractivity contribution is 8.00. The van der Waals surface area contributed by atoms with Crippen LogP contribution in [0.3, 0.4) is 0 Å². The molecular formula is C22H20N7O7S2+. The number of aliphatic carboxylic acids is 1. The van der Waals surface area contributed by atoms with Crippen molar-refractivity contribution in [3.63, 3.8) is 0 Å². The zero-order chi connectivity index (χ0) is 27.1. The van der Waals surface area contributed by atoms with Crippen molar-refractivity contribution in [2.24, 2.45) is 5.16 Å². The molecule has 0 spiro atoms. The first-order chi connectivity index (χ1) is 18.2. The Morgan fingerprint density at radius 3 is 2.76 bits per heavy atom. The monoisotopic (exact) mass is 558 g/mol. The Balaban J connectivity index is 1.39. The van der Waals surface area contributed by atoms with Crippen molar-refractivity contribution in [2.75, 3.05) is 18.6 Å². The molecule has 2 aliphatic heterocycles. The number of hydrogen-bond donors (Lipinski definition) is 4. The summed E-state index contributed by atoms with van der Waals surface area (Å²) in [5, 5.41) is 26.9. The summed E-state index contributed by atoms with van der Waals surface area (Å²) in [7, 11) is 1.26. The lowest BCUT2D eigenvalue weighted by molar-refractivity contribution is -0.688. The predicted octanol–water partition coefficient (Wildman–Crippen LogP) is -0.247. The summed E-state index contributed by atoms with van der Waals surface area (Å²) in [5.74, 6) is -3.52. The molecule has 16 heteroatoms. The van der Waals surface area contributed by atoms with Gasteiger partial charge in [-0.1, -0.05) is 5.16 Å². The van der Waals surface area contributed by atoms with Crippen LogP contribution in [0.2, 0.25) is 0 Å². The average molecular weight is 559 g/mol. The van der Waals surface area contributed by atoms with Gasteiger partial charge in [0.25, 0.3) is 11.8 Å². The number of carboxylic acid groups (broad SMARTS) is 2. The van der Waals surface area contributed by atoms with Gasteiger partial charge in [0.15, 0.2) is 29.3 Å². The van der Waals surface area contributed by atoms with Crippen molar-refractivity contribution in [3.05, 3.63) is 58.8 Å². The summed E-state index contributed by atoms with van der Waals surface area (Å²) in [5.41, 5.74) is 6.50. The number of carboxylic acids is 2. The number of nitrogens with two attached hydrogens (primary N) is 1. The maximum Gasteiger partial charge on any atom is 0.359 e. The van der Waals surface area contributed by atoms with E-state index in [0.29, 0.717) is 11.1 Å². The second-order valence-electron chi connectivity index (χ2n) is 8.24. The molecular weight excluding hydrogens is 538 g/mol. The molecule has 0 aromatic carbocycles. The Morgan fingerprint density at radius 2 is 2.11 bits per heavy atom. The SMILES string of the molecule is CO/N=C(\C(=O)N[C@@H]1C(=O)N2C(C(=O)O)=C(C[n+]3cc(C(=O)O)n4cccc4c3)CS[C@@H]12)c1csc(N)n1. The van der Waals surface area contributed by atoms with Gasteiger partial charge in [0.05, 0.1) is 0 Å². The standard InChI is InChI=1S/C22H19N7O7S2/c1-36-26-14(12-9-38-22(23)24-12)17(30)25-15-18(31)29-16(21(34)35)10(8-37-19(15)29)5-27-6-11-3-2-4-28(11)13(7-27)20(32)33/h2-4,6-7,9,15,19H,5,8H2,1H3,(H4-,23,24,25,30,32,33,34,35)/p+1/b26-14-/t15-,19+/m1/s1. The number of carbonyl (C=O) groups is 4. The van der Waals surface area contributed by atoms with Gasteiger partial charge in [-0.15, -0.1) is 23.1 Å². The van der Waals surface area contributed by atoms with Gasteiger partial charge in [-0.3, -0.25) is 14.5 Å². The molecule has 38 heavy (non-hydrogen) atoms. The number of fused-ring (bicyclic) bond motifs is 2. The largest absolute Gasteiger partial charge is 0.477 e. The lowest BCUT2D eigenvalue weighted by Gasteiger charge is -2.49. The minimum atomic E-state index is -1.30. The molecule has 0 aliphatic carbocycles. The van der Waals surface area contributed by atoms with Gasteiger partial charge >= 0.3 is 11.9 Å². The molecule has 1 saturated heterocycles. The lowest BCUT2D eigenvalue weighted by Crippen LogP contribution is -2.71. The molecule has 0 bridgehead atoms. The molecule has 5 rings (SSSR count). The molecule has 5 heterocycles. The third-order valence-electron chi connectivity index (χ3n) is 5.92. The number of oxime groups is 1. The van der Waals surface area contributed by atoms with E-state index in [-0.39, 0.29) is 40.2 Å². The van der Waals surface area contributed by atoms with Gasteiger partial charge in [0, 0.05) is 22.9 Å². The number of hydrogen-bond acceptors (Lipinski definition) is 10. The van der Waals surface area contributed by atoms with Crippen LogP contribution in [0.4, 0.5) is 5.13 Å². The molecule has 1 fully saturated rings. The fourth-order valence-electron chi connectivity index (χ4n) is 4.32. The third kappa shape index (κ3) is 4.32. The minimum Gasteiger partial charge on any atom is -0.477 e. The second kappa shape index (κ2) is 9.79. The van der Waals surface area contributed by atoms with E-state index in [1.807, 2.05) is 0 Å². The molecule has 14 nitrogen and oxygen atoms in total. The predicted molar refractivity (Wildman–Crippen MR) is 134 cm³/mol. The Kier molecular flexibility index (Phi) is 6.50. The molecule has 2 atom stereocenters. The van der Waals surface area contributed by atoms with Crippen LogP contribution >= 0.6 is 23.1 Å². The van der Waals surface area contributed by atoms with Gasteiger partial charge in [0.1, 0.15) is 35.4 Å². The van der Waals surface area contributed by atoms with E-state index in [9.17, 15) is 29.4 Å². The van der Waals surface area contributed by atoms with E-state index < -0.39 is 35.2 Å². The summed E-state index contributed by atoms with van der Waals surface area (Å²) >= 11 is 2.39. The number of rotatable bonds is 8. The van der Waals surface area contributed by atoms with Crippen molar-refractivity contribution < 1.29 is 38.8 Å². The van der Waals surface area contributed by atoms with E-state index in [2.05, 4.69) is 15.5 Å². The fourth-order valence-corrected chi connectivity index (χ4v) is 6.20. The minimum absolute atomic E-state index is 0.00418. The number of anilines is 1. The number of thiazole rings is 1. The van der Waals surface area contributed by atoms with Crippen molar-refractivity contribution in [1.29, 1.82) is 0 Å². The highest BCUT2D eigenvalue weighted by Crippen LogP contribution is 2.40. The number of β-lactam (4-membered cyclic amide) rings is 1. The van der Waals surface area contributed by atoms with Gasteiger partial charge in [-0.25, -0.2) is 14.6 Å². The van der Waals surface area contributed by atoms with Crippen LogP contribution in [-0.4, -0.2) is 78.2 Å². The van der Waals surface area contributed by atoms with Crippen molar-refractivity contribution in [1.82, 2.24) is 19.6 Å². The van der Waals surface area contributed by atoms with Crippen LogP contribution in [0, 0.1) is 0 Å². The number of thioether (sulfide) groups is 1. The number of nitrogens with zero attached hydrogens (tertiary/aromatic N) is 5. The number of nitrogen functional groups attached to an aromatic ring is 1. The third-order valence-corrected chi connectivity index (χ3v) is 7.93. The molecule has 5 N–H and O–H groups in total. The first-order valence-corrected chi connectivity index (χ1v) is 12.9. The summed E-state index contributed by atoms with van der Waals surface area (Å²) in [4.78, 5) is 59.8. The maximum absolute atomic E-state index is 13.1. The Morgan fingerprint density at radius 1 is 1.32 bits per heavy atom. The van der Waals surface area contributed by atoms with Crippen LogP contribution in [0.1, 0.15) is 16.2 Å². The normalized spacial score (nSPS) is 19.2. The average Bonchev–Trinajstić information content (AvgIpc) is 3.53. The van der Waals surface area contributed by atoms with E-state index in [0.717, 1.165) is 16.2 Å². The van der Waals surface area contributed by atoms with Crippen LogP contribution in [0.5, 0.6) is 0 Å². The highest BCUT2D eigenvalue weighted by Gasteiger charge is 2.54. The van der Waals surface area contributed by atoms with Gasteiger partial charge in [-0.05, 0) is 12.1 Å². The highest BCUT2D eigenvalue weighted by atomic mass is 32.2. The Hall–Kier alpha value is -4.44. The van der Waals surface area contributed by atoms with Crippen LogP contribution < -0.4 is 15.6 Å². The number of carbonyl (C=O) groups excluding carboxylic acids is 2. The van der Waals surface area contributed by atoms with Crippen molar-refractivity contribution in [3.8, 4) is 0 Å².